The van der Waals surface area contributed by atoms with Gasteiger partial charge in [0.05, 0.1) is 14.2 Å². The molecule has 0 aliphatic heterocycles. The summed E-state index contributed by atoms with van der Waals surface area (Å²) in [5, 5.41) is 0. The minimum absolute atomic E-state index is 0.313. The van der Waals surface area contributed by atoms with Crippen LogP contribution in [-0.4, -0.2) is 14.2 Å². The SMILES string of the molecule is COc1ccc(C(F)=Cc2ccccc2OC)cc1. The molecule has 0 radical (unpaired) electrons. The summed E-state index contributed by atoms with van der Waals surface area (Å²) >= 11 is 0. The zero-order chi connectivity index (χ0) is 13.7. The van der Waals surface area contributed by atoms with E-state index in [1.54, 1.807) is 44.6 Å². The van der Waals surface area contributed by atoms with Gasteiger partial charge in [0.1, 0.15) is 17.3 Å². The summed E-state index contributed by atoms with van der Waals surface area (Å²) in [5.74, 6) is 1.03. The lowest BCUT2D eigenvalue weighted by Gasteiger charge is -2.05. The van der Waals surface area contributed by atoms with E-state index in [0.717, 1.165) is 0 Å². The number of methoxy groups -OCH3 is 2. The molecule has 0 aliphatic rings. The standard InChI is InChI=1S/C16H15FO2/c1-18-14-9-7-12(8-10-14)15(17)11-13-5-3-4-6-16(13)19-2/h3-11H,1-2H3. The van der Waals surface area contributed by atoms with Crippen molar-refractivity contribution in [2.45, 2.75) is 0 Å². The molecule has 0 aromatic heterocycles. The van der Waals surface area contributed by atoms with E-state index in [-0.39, 0.29) is 5.83 Å². The molecule has 0 heterocycles. The van der Waals surface area contributed by atoms with E-state index in [9.17, 15) is 4.39 Å². The fourth-order valence-electron chi connectivity index (χ4n) is 1.76. The summed E-state index contributed by atoms with van der Waals surface area (Å²) < 4.78 is 24.4. The first-order chi connectivity index (χ1) is 9.24. The van der Waals surface area contributed by atoms with Crippen molar-refractivity contribution in [2.75, 3.05) is 14.2 Å². The Hall–Kier alpha value is -2.29. The largest absolute Gasteiger partial charge is 0.497 e. The van der Waals surface area contributed by atoms with Crippen molar-refractivity contribution in [2.24, 2.45) is 0 Å². The molecular formula is C16H15FO2. The van der Waals surface area contributed by atoms with Crippen LogP contribution in [0.4, 0.5) is 4.39 Å². The highest BCUT2D eigenvalue weighted by molar-refractivity contribution is 5.78. The zero-order valence-corrected chi connectivity index (χ0v) is 10.9. The molecule has 0 spiro atoms. The molecule has 2 aromatic carbocycles. The quantitative estimate of drug-likeness (QED) is 0.766. The van der Waals surface area contributed by atoms with Gasteiger partial charge in [0.25, 0.3) is 0 Å². The van der Waals surface area contributed by atoms with Crippen LogP contribution in [0.5, 0.6) is 11.5 Å². The summed E-state index contributed by atoms with van der Waals surface area (Å²) in [7, 11) is 3.15. The molecule has 0 atom stereocenters. The Morgan fingerprint density at radius 3 is 2.26 bits per heavy atom. The molecule has 0 N–H and O–H groups in total. The Morgan fingerprint density at radius 1 is 0.947 bits per heavy atom. The molecule has 19 heavy (non-hydrogen) atoms. The van der Waals surface area contributed by atoms with E-state index >= 15 is 0 Å². The fourth-order valence-corrected chi connectivity index (χ4v) is 1.76. The lowest BCUT2D eigenvalue weighted by molar-refractivity contribution is 0.414. The summed E-state index contributed by atoms with van der Waals surface area (Å²) in [6, 6.07) is 14.1. The highest BCUT2D eigenvalue weighted by Crippen LogP contribution is 2.26. The number of para-hydroxylation sites is 1. The Bertz CT molecular complexity index is 574. The topological polar surface area (TPSA) is 18.5 Å². The van der Waals surface area contributed by atoms with Gasteiger partial charge in [0.15, 0.2) is 0 Å². The maximum Gasteiger partial charge on any atom is 0.131 e. The highest BCUT2D eigenvalue weighted by atomic mass is 19.1. The van der Waals surface area contributed by atoms with Gasteiger partial charge in [-0.25, -0.2) is 4.39 Å². The number of hydrogen-bond acceptors (Lipinski definition) is 2. The van der Waals surface area contributed by atoms with Gasteiger partial charge in [0, 0.05) is 11.1 Å². The highest BCUT2D eigenvalue weighted by Gasteiger charge is 2.04. The van der Waals surface area contributed by atoms with Gasteiger partial charge in [-0.05, 0) is 36.4 Å². The number of halogens is 1. The van der Waals surface area contributed by atoms with Crippen LogP contribution >= 0.6 is 0 Å². The second-order valence-electron chi connectivity index (χ2n) is 3.96. The Balaban J connectivity index is 2.31. The fraction of sp³-hybridized carbons (Fsp3) is 0.125. The van der Waals surface area contributed by atoms with Crippen molar-refractivity contribution in [1.29, 1.82) is 0 Å². The predicted molar refractivity (Wildman–Crippen MR) is 75.0 cm³/mol. The van der Waals surface area contributed by atoms with E-state index < -0.39 is 0 Å². The number of ether oxygens (including phenoxy) is 2. The second kappa shape index (κ2) is 6.05. The molecule has 2 rings (SSSR count). The van der Waals surface area contributed by atoms with Gasteiger partial charge in [-0.2, -0.15) is 0 Å². The van der Waals surface area contributed by atoms with E-state index in [1.165, 1.54) is 6.08 Å². The van der Waals surface area contributed by atoms with Gasteiger partial charge in [-0.15, -0.1) is 0 Å². The van der Waals surface area contributed by atoms with Gasteiger partial charge in [0.2, 0.25) is 0 Å². The minimum Gasteiger partial charge on any atom is -0.497 e. The molecule has 3 heteroatoms. The van der Waals surface area contributed by atoms with Crippen molar-refractivity contribution >= 4 is 11.9 Å². The molecule has 0 bridgehead atoms. The maximum absolute atomic E-state index is 14.1. The lowest BCUT2D eigenvalue weighted by atomic mass is 10.1. The van der Waals surface area contributed by atoms with Crippen LogP contribution in [0.2, 0.25) is 0 Å². The average molecular weight is 258 g/mol. The second-order valence-corrected chi connectivity index (χ2v) is 3.96. The van der Waals surface area contributed by atoms with Crippen molar-refractivity contribution in [3.63, 3.8) is 0 Å². The van der Waals surface area contributed by atoms with E-state index in [4.69, 9.17) is 9.47 Å². The first-order valence-electron chi connectivity index (χ1n) is 5.89. The molecule has 0 saturated carbocycles. The first-order valence-corrected chi connectivity index (χ1v) is 5.89. The number of hydrogen-bond donors (Lipinski definition) is 0. The molecule has 2 nitrogen and oxygen atoms in total. The van der Waals surface area contributed by atoms with Crippen molar-refractivity contribution in [3.05, 3.63) is 59.7 Å². The third kappa shape index (κ3) is 3.13. The van der Waals surface area contributed by atoms with E-state index in [0.29, 0.717) is 22.6 Å². The van der Waals surface area contributed by atoms with E-state index in [1.807, 2.05) is 18.2 Å². The van der Waals surface area contributed by atoms with Crippen molar-refractivity contribution in [3.8, 4) is 11.5 Å². The number of benzene rings is 2. The molecule has 0 unspecified atom stereocenters. The predicted octanol–water partition coefficient (Wildman–Crippen LogP) is 4.17. The lowest BCUT2D eigenvalue weighted by Crippen LogP contribution is -1.87. The van der Waals surface area contributed by atoms with E-state index in [2.05, 4.69) is 0 Å². The molecule has 0 aliphatic carbocycles. The van der Waals surface area contributed by atoms with Crippen LogP contribution in [0.25, 0.3) is 11.9 Å². The summed E-state index contributed by atoms with van der Waals surface area (Å²) in [4.78, 5) is 0. The van der Waals surface area contributed by atoms with Crippen LogP contribution in [0.15, 0.2) is 48.5 Å². The first kappa shape index (κ1) is 13.1. The molecule has 98 valence electrons. The Kier molecular flexibility index (Phi) is 4.18. The van der Waals surface area contributed by atoms with Crippen LogP contribution in [0.3, 0.4) is 0 Å². The maximum atomic E-state index is 14.1. The molecular weight excluding hydrogens is 243 g/mol. The smallest absolute Gasteiger partial charge is 0.131 e. The monoisotopic (exact) mass is 258 g/mol. The van der Waals surface area contributed by atoms with Crippen molar-refractivity contribution < 1.29 is 13.9 Å². The van der Waals surface area contributed by atoms with Crippen molar-refractivity contribution in [1.82, 2.24) is 0 Å². The molecule has 0 fully saturated rings. The van der Waals surface area contributed by atoms with Crippen LogP contribution < -0.4 is 9.47 Å². The van der Waals surface area contributed by atoms with Gasteiger partial charge < -0.3 is 9.47 Å². The molecule has 2 aromatic rings. The number of rotatable bonds is 4. The minimum atomic E-state index is -0.313. The normalized spacial score (nSPS) is 11.2. The third-order valence-corrected chi connectivity index (χ3v) is 2.79. The Morgan fingerprint density at radius 2 is 1.63 bits per heavy atom. The average Bonchev–Trinajstić information content (AvgIpc) is 2.48. The molecule has 0 amide bonds. The summed E-state index contributed by atoms with van der Waals surface area (Å²) in [6.07, 6.45) is 1.46. The van der Waals surface area contributed by atoms with Gasteiger partial charge >= 0.3 is 0 Å². The molecule has 0 saturated heterocycles. The Labute approximate surface area is 112 Å². The van der Waals surface area contributed by atoms with Crippen LogP contribution in [0, 0.1) is 0 Å². The zero-order valence-electron chi connectivity index (χ0n) is 10.9. The summed E-state index contributed by atoms with van der Waals surface area (Å²) in [6.45, 7) is 0. The summed E-state index contributed by atoms with van der Waals surface area (Å²) in [5.41, 5.74) is 1.21. The van der Waals surface area contributed by atoms with Gasteiger partial charge in [-0.3, -0.25) is 0 Å². The van der Waals surface area contributed by atoms with Crippen LogP contribution in [0.1, 0.15) is 11.1 Å². The third-order valence-electron chi connectivity index (χ3n) is 2.79. The van der Waals surface area contributed by atoms with Crippen LogP contribution in [-0.2, 0) is 0 Å². The van der Waals surface area contributed by atoms with Gasteiger partial charge in [-0.1, -0.05) is 18.2 Å².